The highest BCUT2D eigenvalue weighted by atomic mass is 19.4. The molecule has 21 heavy (non-hydrogen) atoms. The van der Waals surface area contributed by atoms with Crippen LogP contribution in [0.25, 0.3) is 0 Å². The topological polar surface area (TPSA) is 40.2 Å². The molecule has 0 unspecified atom stereocenters. The predicted octanol–water partition coefficient (Wildman–Crippen LogP) is 3.14. The molecule has 0 fully saturated rings. The Morgan fingerprint density at radius 2 is 1.71 bits per heavy atom. The number of aromatic nitrogens is 1. The first-order valence-corrected chi connectivity index (χ1v) is 6.69. The van der Waals surface area contributed by atoms with Gasteiger partial charge in [-0.2, -0.15) is 13.2 Å². The molecule has 4 nitrogen and oxygen atoms in total. The van der Waals surface area contributed by atoms with Gasteiger partial charge >= 0.3 is 6.18 Å². The van der Waals surface area contributed by atoms with Gasteiger partial charge in [0.25, 0.3) is 0 Å². The Bertz CT molecular complexity index is 470. The molecule has 1 aromatic heterocycles. The van der Waals surface area contributed by atoms with E-state index in [1.165, 1.54) is 0 Å². The molecule has 1 rings (SSSR count). The standard InChI is InChI=1S/C14H23F3N4/c1-13(2,9-21(4)5)8-19-12-7-10(14(15,16)17)6-11(18-3)20-12/h6-7H,8-9H2,1-5H3,(H2,18,19,20). The highest BCUT2D eigenvalue weighted by molar-refractivity contribution is 5.49. The van der Waals surface area contributed by atoms with Crippen LogP contribution in [0, 0.1) is 5.41 Å². The highest BCUT2D eigenvalue weighted by Gasteiger charge is 2.31. The van der Waals surface area contributed by atoms with Gasteiger partial charge in [0, 0.05) is 20.1 Å². The van der Waals surface area contributed by atoms with Crippen molar-refractivity contribution in [2.75, 3.05) is 44.9 Å². The Kier molecular flexibility index (Phi) is 5.44. The second kappa shape index (κ2) is 6.51. The van der Waals surface area contributed by atoms with E-state index in [2.05, 4.69) is 15.6 Å². The molecule has 1 heterocycles. The van der Waals surface area contributed by atoms with Gasteiger partial charge in [-0.25, -0.2) is 4.98 Å². The largest absolute Gasteiger partial charge is 0.416 e. The van der Waals surface area contributed by atoms with Gasteiger partial charge in [-0.05, 0) is 31.6 Å². The van der Waals surface area contributed by atoms with Crippen LogP contribution in [0.5, 0.6) is 0 Å². The van der Waals surface area contributed by atoms with Crippen LogP contribution in [0.15, 0.2) is 12.1 Å². The van der Waals surface area contributed by atoms with Gasteiger partial charge < -0.3 is 15.5 Å². The van der Waals surface area contributed by atoms with Crippen molar-refractivity contribution in [2.24, 2.45) is 5.41 Å². The Morgan fingerprint density at radius 3 is 2.19 bits per heavy atom. The second-order valence-corrected chi connectivity index (χ2v) is 6.13. The van der Waals surface area contributed by atoms with Crippen LogP contribution in [0.2, 0.25) is 0 Å². The minimum absolute atomic E-state index is 0.0841. The van der Waals surface area contributed by atoms with E-state index < -0.39 is 11.7 Å². The molecule has 0 atom stereocenters. The molecule has 0 aliphatic carbocycles. The molecule has 0 radical (unpaired) electrons. The summed E-state index contributed by atoms with van der Waals surface area (Å²) in [6.07, 6.45) is -4.38. The van der Waals surface area contributed by atoms with Gasteiger partial charge in [0.15, 0.2) is 0 Å². The van der Waals surface area contributed by atoms with E-state index in [1.54, 1.807) is 7.05 Å². The van der Waals surface area contributed by atoms with Crippen molar-refractivity contribution in [3.63, 3.8) is 0 Å². The summed E-state index contributed by atoms with van der Waals surface area (Å²) < 4.78 is 38.5. The summed E-state index contributed by atoms with van der Waals surface area (Å²) in [5.74, 6) is 0.416. The van der Waals surface area contributed by atoms with Crippen LogP contribution in [0.1, 0.15) is 19.4 Å². The molecule has 120 valence electrons. The fourth-order valence-electron chi connectivity index (χ4n) is 2.15. The van der Waals surface area contributed by atoms with Gasteiger partial charge in [0.1, 0.15) is 11.6 Å². The monoisotopic (exact) mass is 304 g/mol. The molecular formula is C14H23F3N4. The van der Waals surface area contributed by atoms with Crippen LogP contribution in [0.3, 0.4) is 0 Å². The molecule has 7 heteroatoms. The van der Waals surface area contributed by atoms with Crippen molar-refractivity contribution >= 4 is 11.6 Å². The molecule has 1 aromatic rings. The minimum Gasteiger partial charge on any atom is -0.373 e. The van der Waals surface area contributed by atoms with Crippen LogP contribution >= 0.6 is 0 Å². The molecule has 0 amide bonds. The maximum absolute atomic E-state index is 12.8. The fourth-order valence-corrected chi connectivity index (χ4v) is 2.15. The average Bonchev–Trinajstić information content (AvgIpc) is 2.33. The summed E-state index contributed by atoms with van der Waals surface area (Å²) in [5, 5.41) is 5.65. The van der Waals surface area contributed by atoms with Gasteiger partial charge in [-0.15, -0.1) is 0 Å². The van der Waals surface area contributed by atoms with Gasteiger partial charge in [-0.3, -0.25) is 0 Å². The van der Waals surface area contributed by atoms with Crippen molar-refractivity contribution in [3.8, 4) is 0 Å². The summed E-state index contributed by atoms with van der Waals surface area (Å²) >= 11 is 0. The zero-order chi connectivity index (χ0) is 16.3. The molecule has 0 saturated carbocycles. The number of anilines is 2. The number of hydrogen-bond acceptors (Lipinski definition) is 4. The van der Waals surface area contributed by atoms with E-state index in [-0.39, 0.29) is 17.1 Å². The van der Waals surface area contributed by atoms with E-state index in [9.17, 15) is 13.2 Å². The summed E-state index contributed by atoms with van der Waals surface area (Å²) in [5.41, 5.74) is -0.797. The zero-order valence-corrected chi connectivity index (χ0v) is 13.1. The van der Waals surface area contributed by atoms with E-state index in [0.29, 0.717) is 6.54 Å². The number of alkyl halides is 3. The van der Waals surface area contributed by atoms with Crippen molar-refractivity contribution in [3.05, 3.63) is 17.7 Å². The summed E-state index contributed by atoms with van der Waals surface area (Å²) in [6, 6.07) is 2.03. The van der Waals surface area contributed by atoms with Gasteiger partial charge in [0.2, 0.25) is 0 Å². The number of halogens is 3. The third-order valence-electron chi connectivity index (χ3n) is 2.90. The lowest BCUT2D eigenvalue weighted by Crippen LogP contribution is -2.34. The van der Waals surface area contributed by atoms with Crippen molar-refractivity contribution in [1.82, 2.24) is 9.88 Å². The normalized spacial score (nSPS) is 12.6. The number of hydrogen-bond donors (Lipinski definition) is 2. The van der Waals surface area contributed by atoms with Crippen molar-refractivity contribution in [1.29, 1.82) is 0 Å². The Hall–Kier alpha value is -1.50. The van der Waals surface area contributed by atoms with E-state index in [1.807, 2.05) is 32.8 Å². The van der Waals surface area contributed by atoms with Gasteiger partial charge in [-0.1, -0.05) is 13.8 Å². The minimum atomic E-state index is -4.38. The molecule has 0 aromatic carbocycles. The number of nitrogens with zero attached hydrogens (tertiary/aromatic N) is 2. The zero-order valence-electron chi connectivity index (χ0n) is 13.1. The number of pyridine rings is 1. The highest BCUT2D eigenvalue weighted by Crippen LogP contribution is 2.32. The summed E-state index contributed by atoms with van der Waals surface area (Å²) in [7, 11) is 5.47. The summed E-state index contributed by atoms with van der Waals surface area (Å²) in [6.45, 7) is 5.44. The van der Waals surface area contributed by atoms with E-state index in [0.717, 1.165) is 18.7 Å². The quantitative estimate of drug-likeness (QED) is 0.847. The molecule has 0 saturated heterocycles. The lowest BCUT2D eigenvalue weighted by Gasteiger charge is -2.28. The first-order valence-electron chi connectivity index (χ1n) is 6.69. The maximum atomic E-state index is 12.8. The lowest BCUT2D eigenvalue weighted by molar-refractivity contribution is -0.137. The molecule has 0 bridgehead atoms. The molecule has 2 N–H and O–H groups in total. The maximum Gasteiger partial charge on any atom is 0.416 e. The molecule has 0 spiro atoms. The predicted molar refractivity (Wildman–Crippen MR) is 79.6 cm³/mol. The van der Waals surface area contributed by atoms with Crippen molar-refractivity contribution in [2.45, 2.75) is 20.0 Å². The van der Waals surface area contributed by atoms with Crippen LogP contribution in [-0.4, -0.2) is 44.1 Å². The fraction of sp³-hybridized carbons (Fsp3) is 0.643. The smallest absolute Gasteiger partial charge is 0.373 e. The molecular weight excluding hydrogens is 281 g/mol. The third kappa shape index (κ3) is 5.79. The molecule has 0 aliphatic heterocycles. The molecule has 0 aliphatic rings. The van der Waals surface area contributed by atoms with Crippen LogP contribution in [0.4, 0.5) is 24.8 Å². The third-order valence-corrected chi connectivity index (χ3v) is 2.90. The lowest BCUT2D eigenvalue weighted by atomic mass is 9.93. The first-order chi connectivity index (χ1) is 9.53. The van der Waals surface area contributed by atoms with E-state index in [4.69, 9.17) is 0 Å². The van der Waals surface area contributed by atoms with Crippen LogP contribution < -0.4 is 10.6 Å². The Labute approximate surface area is 123 Å². The number of rotatable bonds is 6. The van der Waals surface area contributed by atoms with E-state index >= 15 is 0 Å². The van der Waals surface area contributed by atoms with Crippen LogP contribution in [-0.2, 0) is 6.18 Å². The Balaban J connectivity index is 2.88. The average molecular weight is 304 g/mol. The Morgan fingerprint density at radius 1 is 1.14 bits per heavy atom. The first kappa shape index (κ1) is 17.6. The number of nitrogens with one attached hydrogen (secondary N) is 2. The van der Waals surface area contributed by atoms with Crippen molar-refractivity contribution < 1.29 is 13.2 Å². The summed E-state index contributed by atoms with van der Waals surface area (Å²) in [4.78, 5) is 6.15. The van der Waals surface area contributed by atoms with Gasteiger partial charge in [0.05, 0.1) is 5.56 Å². The second-order valence-electron chi connectivity index (χ2n) is 6.13. The SMILES string of the molecule is CNc1cc(C(F)(F)F)cc(NCC(C)(C)CN(C)C)n1.